The number of hydrogen-bond acceptors (Lipinski definition) is 4. The zero-order chi connectivity index (χ0) is 18.1. The number of nitrogens with one attached hydrogen (secondary N) is 2. The van der Waals surface area contributed by atoms with Crippen LogP contribution in [0.25, 0.3) is 22.4 Å². The molecule has 4 rings (SSSR count). The van der Waals surface area contributed by atoms with E-state index in [1.165, 1.54) is 6.20 Å². The smallest absolute Gasteiger partial charge is 0.361 e. The number of anilines is 2. The first-order valence-corrected chi connectivity index (χ1v) is 7.71. The van der Waals surface area contributed by atoms with Crippen LogP contribution in [0.15, 0.2) is 60.9 Å². The second-order valence-corrected chi connectivity index (χ2v) is 5.54. The van der Waals surface area contributed by atoms with Crippen molar-refractivity contribution in [1.82, 2.24) is 19.9 Å². The van der Waals surface area contributed by atoms with Gasteiger partial charge in [-0.25, -0.2) is 9.97 Å². The molecule has 4 aromatic rings. The largest absolute Gasteiger partial charge is 0.433 e. The van der Waals surface area contributed by atoms with Gasteiger partial charge in [-0.2, -0.15) is 13.2 Å². The van der Waals surface area contributed by atoms with Crippen molar-refractivity contribution >= 4 is 22.4 Å². The SMILES string of the molecule is FC(F)(F)c1cc(Nc2cccc3[nH]ccc23)nc(-c2ccccn2)n1. The van der Waals surface area contributed by atoms with E-state index in [4.69, 9.17) is 0 Å². The van der Waals surface area contributed by atoms with Crippen LogP contribution in [-0.4, -0.2) is 19.9 Å². The highest BCUT2D eigenvalue weighted by atomic mass is 19.4. The first kappa shape index (κ1) is 16.1. The molecule has 0 aliphatic carbocycles. The Morgan fingerprint density at radius 3 is 2.62 bits per heavy atom. The van der Waals surface area contributed by atoms with Crippen molar-refractivity contribution in [3.8, 4) is 11.5 Å². The number of aromatic amines is 1. The zero-order valence-electron chi connectivity index (χ0n) is 13.2. The summed E-state index contributed by atoms with van der Waals surface area (Å²) in [5, 5.41) is 3.80. The molecule has 0 fully saturated rings. The van der Waals surface area contributed by atoms with Crippen molar-refractivity contribution in [2.45, 2.75) is 6.18 Å². The molecule has 0 bridgehead atoms. The van der Waals surface area contributed by atoms with Gasteiger partial charge in [0.15, 0.2) is 11.5 Å². The van der Waals surface area contributed by atoms with E-state index in [0.29, 0.717) is 5.69 Å². The number of rotatable bonds is 3. The predicted octanol–water partition coefficient (Wildman–Crippen LogP) is 4.78. The average Bonchev–Trinajstić information content (AvgIpc) is 3.11. The maximum absolute atomic E-state index is 13.3. The van der Waals surface area contributed by atoms with Crippen molar-refractivity contribution in [1.29, 1.82) is 0 Å². The quantitative estimate of drug-likeness (QED) is 0.555. The minimum atomic E-state index is -4.59. The summed E-state index contributed by atoms with van der Waals surface area (Å²) < 4.78 is 39.8. The Labute approximate surface area is 146 Å². The number of benzene rings is 1. The highest BCUT2D eigenvalue weighted by molar-refractivity contribution is 5.93. The molecule has 130 valence electrons. The molecule has 8 heteroatoms. The summed E-state index contributed by atoms with van der Waals surface area (Å²) >= 11 is 0. The zero-order valence-corrected chi connectivity index (χ0v) is 13.2. The van der Waals surface area contributed by atoms with Gasteiger partial charge in [0.2, 0.25) is 0 Å². The fourth-order valence-corrected chi connectivity index (χ4v) is 2.60. The number of halogens is 3. The second kappa shape index (κ2) is 6.14. The summed E-state index contributed by atoms with van der Waals surface area (Å²) in [6.45, 7) is 0. The van der Waals surface area contributed by atoms with Gasteiger partial charge in [-0.05, 0) is 30.3 Å². The Hall–Kier alpha value is -3.42. The molecule has 0 amide bonds. The Bertz CT molecular complexity index is 1060. The van der Waals surface area contributed by atoms with Crippen LogP contribution in [0.4, 0.5) is 24.7 Å². The van der Waals surface area contributed by atoms with E-state index in [1.54, 1.807) is 36.5 Å². The van der Waals surface area contributed by atoms with Crippen molar-refractivity contribution in [2.75, 3.05) is 5.32 Å². The number of nitrogens with zero attached hydrogens (tertiary/aromatic N) is 3. The van der Waals surface area contributed by atoms with Crippen molar-refractivity contribution in [2.24, 2.45) is 0 Å². The Morgan fingerprint density at radius 2 is 1.85 bits per heavy atom. The number of fused-ring (bicyclic) bond motifs is 1. The molecule has 0 aliphatic rings. The Morgan fingerprint density at radius 1 is 0.962 bits per heavy atom. The van der Waals surface area contributed by atoms with Crippen LogP contribution >= 0.6 is 0 Å². The molecule has 0 radical (unpaired) electrons. The highest BCUT2D eigenvalue weighted by Crippen LogP contribution is 2.32. The second-order valence-electron chi connectivity index (χ2n) is 5.54. The first-order valence-electron chi connectivity index (χ1n) is 7.71. The molecular weight excluding hydrogens is 343 g/mol. The molecule has 0 unspecified atom stereocenters. The molecule has 3 heterocycles. The molecule has 26 heavy (non-hydrogen) atoms. The van der Waals surface area contributed by atoms with Gasteiger partial charge >= 0.3 is 6.18 Å². The van der Waals surface area contributed by atoms with E-state index in [9.17, 15) is 13.2 Å². The molecule has 5 nitrogen and oxygen atoms in total. The van der Waals surface area contributed by atoms with Gasteiger partial charge < -0.3 is 10.3 Å². The Balaban J connectivity index is 1.81. The fourth-order valence-electron chi connectivity index (χ4n) is 2.60. The fraction of sp³-hybridized carbons (Fsp3) is 0.0556. The maximum Gasteiger partial charge on any atom is 0.433 e. The molecule has 0 saturated carbocycles. The highest BCUT2D eigenvalue weighted by Gasteiger charge is 2.34. The molecule has 2 N–H and O–H groups in total. The van der Waals surface area contributed by atoms with Gasteiger partial charge in [0, 0.05) is 35.1 Å². The van der Waals surface area contributed by atoms with E-state index < -0.39 is 11.9 Å². The molecular formula is C18H12F3N5. The van der Waals surface area contributed by atoms with Crippen LogP contribution in [0, 0.1) is 0 Å². The maximum atomic E-state index is 13.3. The first-order chi connectivity index (χ1) is 12.5. The number of hydrogen-bond donors (Lipinski definition) is 2. The van der Waals surface area contributed by atoms with Gasteiger partial charge in [0.05, 0.1) is 0 Å². The minimum absolute atomic E-state index is 0.0432. The summed E-state index contributed by atoms with van der Waals surface area (Å²) in [4.78, 5) is 14.9. The van der Waals surface area contributed by atoms with Gasteiger partial charge in [0.25, 0.3) is 0 Å². The lowest BCUT2D eigenvalue weighted by molar-refractivity contribution is -0.141. The molecule has 0 aliphatic heterocycles. The van der Waals surface area contributed by atoms with E-state index in [2.05, 4.69) is 25.3 Å². The lowest BCUT2D eigenvalue weighted by atomic mass is 10.2. The summed E-state index contributed by atoms with van der Waals surface area (Å²) in [5.41, 5.74) is 0.742. The summed E-state index contributed by atoms with van der Waals surface area (Å²) in [7, 11) is 0. The van der Waals surface area contributed by atoms with Crippen LogP contribution in [0.1, 0.15) is 5.69 Å². The van der Waals surface area contributed by atoms with E-state index in [-0.39, 0.29) is 17.3 Å². The molecule has 3 aromatic heterocycles. The molecule has 0 saturated heterocycles. The third-order valence-electron chi connectivity index (χ3n) is 3.77. The summed E-state index contributed by atoms with van der Waals surface area (Å²) in [6, 6.07) is 13.1. The number of pyridine rings is 1. The lowest BCUT2D eigenvalue weighted by Gasteiger charge is -2.12. The Kier molecular flexibility index (Phi) is 3.80. The van der Waals surface area contributed by atoms with Gasteiger partial charge in [-0.1, -0.05) is 12.1 Å². The molecule has 1 aromatic carbocycles. The van der Waals surface area contributed by atoms with Crippen LogP contribution in [-0.2, 0) is 6.18 Å². The summed E-state index contributed by atoms with van der Waals surface area (Å²) in [5.74, 6) is -0.0501. The van der Waals surface area contributed by atoms with Gasteiger partial charge in [-0.15, -0.1) is 0 Å². The number of aromatic nitrogens is 4. The average molecular weight is 355 g/mol. The van der Waals surface area contributed by atoms with E-state index in [1.807, 2.05) is 12.1 Å². The minimum Gasteiger partial charge on any atom is -0.361 e. The third kappa shape index (κ3) is 3.08. The van der Waals surface area contributed by atoms with Crippen LogP contribution < -0.4 is 5.32 Å². The third-order valence-corrected chi connectivity index (χ3v) is 3.77. The van der Waals surface area contributed by atoms with E-state index >= 15 is 0 Å². The normalized spacial score (nSPS) is 11.7. The monoisotopic (exact) mass is 355 g/mol. The topological polar surface area (TPSA) is 66.5 Å². The van der Waals surface area contributed by atoms with Crippen molar-refractivity contribution < 1.29 is 13.2 Å². The standard InChI is InChI=1S/C18H12F3N5/c19-18(20,21)15-10-16(26-17(25-15)14-4-1-2-8-22-14)24-13-6-3-5-12-11(13)7-9-23-12/h1-10,23H,(H,24,25,26). The van der Waals surface area contributed by atoms with Gasteiger partial charge in [0.1, 0.15) is 11.5 Å². The van der Waals surface area contributed by atoms with Crippen LogP contribution in [0.3, 0.4) is 0 Å². The van der Waals surface area contributed by atoms with Crippen LogP contribution in [0.2, 0.25) is 0 Å². The van der Waals surface area contributed by atoms with Crippen molar-refractivity contribution in [3.05, 3.63) is 66.6 Å². The number of H-pyrrole nitrogens is 1. The van der Waals surface area contributed by atoms with E-state index in [0.717, 1.165) is 17.0 Å². The van der Waals surface area contributed by atoms with Gasteiger partial charge in [-0.3, -0.25) is 4.98 Å². The lowest BCUT2D eigenvalue weighted by Crippen LogP contribution is -2.11. The summed E-state index contributed by atoms with van der Waals surface area (Å²) in [6.07, 6.45) is -1.36. The molecule has 0 atom stereocenters. The molecule has 0 spiro atoms. The van der Waals surface area contributed by atoms with Crippen LogP contribution in [0.5, 0.6) is 0 Å². The number of alkyl halides is 3. The van der Waals surface area contributed by atoms with Crippen molar-refractivity contribution in [3.63, 3.8) is 0 Å². The predicted molar refractivity (Wildman–Crippen MR) is 91.8 cm³/mol.